The number of esters is 1. The quantitative estimate of drug-likeness (QED) is 0.405. The Labute approximate surface area is 157 Å². The van der Waals surface area contributed by atoms with Crippen LogP contribution < -0.4 is 5.32 Å². The molecule has 0 aromatic rings. The molecule has 2 fully saturated rings. The smallest absolute Gasteiger partial charge is 0.310 e. The van der Waals surface area contributed by atoms with Crippen molar-refractivity contribution in [2.75, 3.05) is 52.1 Å². The molecule has 1 unspecified atom stereocenters. The van der Waals surface area contributed by atoms with E-state index in [4.69, 9.17) is 9.73 Å². The SMILES string of the molecule is CCNC(=NCC1CCN(S(C)(=O)=O)C1)N1CCC[C@@H](C(=O)OCC)C1. The highest BCUT2D eigenvalue weighted by atomic mass is 32.2. The third kappa shape index (κ3) is 5.84. The molecule has 0 saturated carbocycles. The summed E-state index contributed by atoms with van der Waals surface area (Å²) in [6.45, 7) is 8.18. The van der Waals surface area contributed by atoms with E-state index < -0.39 is 10.0 Å². The molecule has 9 heteroatoms. The second-order valence-electron chi connectivity index (χ2n) is 7.01. The molecule has 0 spiro atoms. The van der Waals surface area contributed by atoms with Gasteiger partial charge in [0, 0.05) is 39.3 Å². The molecule has 0 bridgehead atoms. The van der Waals surface area contributed by atoms with Crippen LogP contribution in [0.3, 0.4) is 0 Å². The summed E-state index contributed by atoms with van der Waals surface area (Å²) in [5.74, 6) is 0.802. The van der Waals surface area contributed by atoms with Crippen LogP contribution in [0.1, 0.15) is 33.1 Å². The molecule has 26 heavy (non-hydrogen) atoms. The summed E-state index contributed by atoms with van der Waals surface area (Å²) >= 11 is 0. The fourth-order valence-corrected chi connectivity index (χ4v) is 4.43. The van der Waals surface area contributed by atoms with Crippen LogP contribution in [0.15, 0.2) is 4.99 Å². The molecular formula is C17H32N4O4S. The topological polar surface area (TPSA) is 91.3 Å². The molecule has 0 aromatic heterocycles. The molecular weight excluding hydrogens is 356 g/mol. The Kier molecular flexibility index (Phi) is 7.69. The van der Waals surface area contributed by atoms with Gasteiger partial charge in [0.05, 0.1) is 18.8 Å². The molecule has 0 amide bonds. The summed E-state index contributed by atoms with van der Waals surface area (Å²) in [6, 6.07) is 0. The second kappa shape index (κ2) is 9.55. The lowest BCUT2D eigenvalue weighted by Crippen LogP contribution is -2.48. The largest absolute Gasteiger partial charge is 0.466 e. The molecule has 0 aromatic carbocycles. The van der Waals surface area contributed by atoms with Crippen LogP contribution in [0.5, 0.6) is 0 Å². The molecule has 8 nitrogen and oxygen atoms in total. The van der Waals surface area contributed by atoms with Gasteiger partial charge >= 0.3 is 5.97 Å². The molecule has 2 aliphatic heterocycles. The monoisotopic (exact) mass is 388 g/mol. The van der Waals surface area contributed by atoms with Crippen molar-refractivity contribution in [2.45, 2.75) is 33.1 Å². The number of hydrogen-bond donors (Lipinski definition) is 1. The highest BCUT2D eigenvalue weighted by Crippen LogP contribution is 2.20. The molecule has 2 rings (SSSR count). The standard InChI is InChI=1S/C17H32N4O4S/c1-4-18-17(19-11-14-8-10-21(12-14)26(3,23)24)20-9-6-7-15(13-20)16(22)25-5-2/h14-15H,4-13H2,1-3H3,(H,18,19)/t14?,15-/m1/s1. The minimum Gasteiger partial charge on any atom is -0.466 e. The fourth-order valence-electron chi connectivity index (χ4n) is 3.51. The van der Waals surface area contributed by atoms with Crippen molar-refractivity contribution < 1.29 is 17.9 Å². The van der Waals surface area contributed by atoms with Crippen molar-refractivity contribution >= 4 is 22.0 Å². The summed E-state index contributed by atoms with van der Waals surface area (Å²) < 4.78 is 30.0. The van der Waals surface area contributed by atoms with Crippen molar-refractivity contribution in [1.82, 2.24) is 14.5 Å². The Hall–Kier alpha value is -1.35. The molecule has 2 atom stereocenters. The summed E-state index contributed by atoms with van der Waals surface area (Å²) in [5.41, 5.74) is 0. The lowest BCUT2D eigenvalue weighted by Gasteiger charge is -2.34. The zero-order chi connectivity index (χ0) is 19.2. The van der Waals surface area contributed by atoms with Gasteiger partial charge in [-0.3, -0.25) is 9.79 Å². The van der Waals surface area contributed by atoms with E-state index >= 15 is 0 Å². The molecule has 2 saturated heterocycles. The highest BCUT2D eigenvalue weighted by molar-refractivity contribution is 7.88. The van der Waals surface area contributed by atoms with E-state index in [9.17, 15) is 13.2 Å². The number of nitrogens with one attached hydrogen (secondary N) is 1. The van der Waals surface area contributed by atoms with Gasteiger partial charge in [0.2, 0.25) is 10.0 Å². The van der Waals surface area contributed by atoms with Gasteiger partial charge in [0.1, 0.15) is 0 Å². The van der Waals surface area contributed by atoms with Crippen LogP contribution >= 0.6 is 0 Å². The van der Waals surface area contributed by atoms with E-state index in [0.29, 0.717) is 32.8 Å². The van der Waals surface area contributed by atoms with Crippen LogP contribution in [0.4, 0.5) is 0 Å². The summed E-state index contributed by atoms with van der Waals surface area (Å²) in [6.07, 6.45) is 3.87. The maximum absolute atomic E-state index is 12.0. The number of sulfonamides is 1. The molecule has 1 N–H and O–H groups in total. The minimum absolute atomic E-state index is 0.111. The van der Waals surface area contributed by atoms with Gasteiger partial charge in [-0.15, -0.1) is 0 Å². The predicted octanol–water partition coefficient (Wildman–Crippen LogP) is 0.509. The van der Waals surface area contributed by atoms with Crippen molar-refractivity contribution in [2.24, 2.45) is 16.8 Å². The molecule has 150 valence electrons. The van der Waals surface area contributed by atoms with Crippen molar-refractivity contribution in [1.29, 1.82) is 0 Å². The summed E-state index contributed by atoms with van der Waals surface area (Å²) in [4.78, 5) is 18.9. The molecule has 2 aliphatic rings. The number of rotatable bonds is 6. The number of aliphatic imine (C=N–C) groups is 1. The number of carbonyl (C=O) groups is 1. The van der Waals surface area contributed by atoms with Crippen LogP contribution in [0, 0.1) is 11.8 Å². The Morgan fingerprint density at radius 1 is 1.23 bits per heavy atom. The third-order valence-corrected chi connectivity index (χ3v) is 6.16. The lowest BCUT2D eigenvalue weighted by atomic mass is 9.98. The minimum atomic E-state index is -3.12. The highest BCUT2D eigenvalue weighted by Gasteiger charge is 2.30. The average molecular weight is 389 g/mol. The Morgan fingerprint density at radius 3 is 2.62 bits per heavy atom. The number of piperidine rings is 1. The van der Waals surface area contributed by atoms with Gasteiger partial charge < -0.3 is 15.0 Å². The van der Waals surface area contributed by atoms with E-state index in [1.165, 1.54) is 10.6 Å². The Balaban J connectivity index is 1.97. The zero-order valence-electron chi connectivity index (χ0n) is 16.1. The van der Waals surface area contributed by atoms with Crippen LogP contribution in [-0.4, -0.2) is 81.7 Å². The first-order valence-electron chi connectivity index (χ1n) is 9.50. The first-order valence-corrected chi connectivity index (χ1v) is 11.3. The normalized spacial score (nSPS) is 25.3. The third-order valence-electron chi connectivity index (χ3n) is 4.89. The first-order chi connectivity index (χ1) is 12.3. The van der Waals surface area contributed by atoms with Gasteiger partial charge in [0.25, 0.3) is 0 Å². The van der Waals surface area contributed by atoms with E-state index in [1.807, 2.05) is 13.8 Å². The summed E-state index contributed by atoms with van der Waals surface area (Å²) in [7, 11) is -3.12. The zero-order valence-corrected chi connectivity index (χ0v) is 16.9. The van der Waals surface area contributed by atoms with Gasteiger partial charge in [-0.05, 0) is 39.0 Å². The van der Waals surface area contributed by atoms with Crippen molar-refractivity contribution in [3.63, 3.8) is 0 Å². The maximum atomic E-state index is 12.0. The van der Waals surface area contributed by atoms with E-state index in [0.717, 1.165) is 38.3 Å². The Bertz CT molecular complexity index is 608. The van der Waals surface area contributed by atoms with Gasteiger partial charge in [-0.25, -0.2) is 12.7 Å². The molecule has 2 heterocycles. The lowest BCUT2D eigenvalue weighted by molar-refractivity contribution is -0.149. The number of carbonyl (C=O) groups excluding carboxylic acids is 1. The van der Waals surface area contributed by atoms with E-state index in [2.05, 4.69) is 10.2 Å². The number of ether oxygens (including phenoxy) is 1. The number of likely N-dealkylation sites (tertiary alicyclic amines) is 1. The van der Waals surface area contributed by atoms with Gasteiger partial charge in [0.15, 0.2) is 5.96 Å². The van der Waals surface area contributed by atoms with Crippen LogP contribution in [-0.2, 0) is 19.6 Å². The average Bonchev–Trinajstić information content (AvgIpc) is 3.08. The number of nitrogens with zero attached hydrogens (tertiary/aromatic N) is 3. The summed E-state index contributed by atoms with van der Waals surface area (Å²) in [5, 5.41) is 3.30. The fraction of sp³-hybridized carbons (Fsp3) is 0.882. The number of hydrogen-bond acceptors (Lipinski definition) is 5. The number of guanidine groups is 1. The molecule has 0 radical (unpaired) electrons. The van der Waals surface area contributed by atoms with Crippen LogP contribution in [0.2, 0.25) is 0 Å². The van der Waals surface area contributed by atoms with Gasteiger partial charge in [-0.1, -0.05) is 0 Å². The maximum Gasteiger partial charge on any atom is 0.310 e. The first kappa shape index (κ1) is 21.0. The predicted molar refractivity (Wildman–Crippen MR) is 101 cm³/mol. The molecule has 0 aliphatic carbocycles. The van der Waals surface area contributed by atoms with Crippen molar-refractivity contribution in [3.8, 4) is 0 Å². The van der Waals surface area contributed by atoms with E-state index in [1.54, 1.807) is 0 Å². The van der Waals surface area contributed by atoms with Crippen LogP contribution in [0.25, 0.3) is 0 Å². The van der Waals surface area contributed by atoms with E-state index in [-0.39, 0.29) is 17.8 Å². The second-order valence-corrected chi connectivity index (χ2v) is 8.99. The van der Waals surface area contributed by atoms with Gasteiger partial charge in [-0.2, -0.15) is 0 Å². The Morgan fingerprint density at radius 2 is 2.00 bits per heavy atom. The van der Waals surface area contributed by atoms with Crippen molar-refractivity contribution in [3.05, 3.63) is 0 Å².